The van der Waals surface area contributed by atoms with Crippen LogP contribution in [-0.2, 0) is 6.61 Å². The minimum absolute atomic E-state index is 0.0604. The van der Waals surface area contributed by atoms with Gasteiger partial charge in [-0.2, -0.15) is 0 Å². The smallest absolute Gasteiger partial charge is 0.269 e. The average molecular weight is 230 g/mol. The van der Waals surface area contributed by atoms with Crippen LogP contribution in [0.4, 0.5) is 5.69 Å². The Labute approximate surface area is 97.5 Å². The Morgan fingerprint density at radius 1 is 1.18 bits per heavy atom. The molecule has 1 aromatic heterocycles. The fourth-order valence-corrected chi connectivity index (χ4v) is 1.52. The van der Waals surface area contributed by atoms with Gasteiger partial charge in [0.05, 0.1) is 17.2 Å². The predicted octanol–water partition coefficient (Wildman–Crippen LogP) is 2.15. The molecule has 0 fully saturated rings. The van der Waals surface area contributed by atoms with Crippen molar-refractivity contribution in [2.45, 2.75) is 6.61 Å². The number of nitrogens with zero attached hydrogens (tertiary/aromatic N) is 2. The van der Waals surface area contributed by atoms with Crippen molar-refractivity contribution in [2.24, 2.45) is 0 Å². The molecule has 1 N–H and O–H groups in total. The molecule has 5 nitrogen and oxygen atoms in total. The lowest BCUT2D eigenvalue weighted by Gasteiger charge is -2.02. The number of aromatic nitrogens is 1. The van der Waals surface area contributed by atoms with Gasteiger partial charge in [0.25, 0.3) is 5.69 Å². The Morgan fingerprint density at radius 2 is 1.88 bits per heavy atom. The van der Waals surface area contributed by atoms with E-state index in [1.807, 2.05) is 0 Å². The van der Waals surface area contributed by atoms with Crippen molar-refractivity contribution in [3.05, 3.63) is 58.4 Å². The van der Waals surface area contributed by atoms with E-state index in [4.69, 9.17) is 5.11 Å². The SMILES string of the molecule is O=[N+]([O-])c1ccc(-c2ccnc(CO)c2)cc1. The number of aliphatic hydroxyl groups excluding tert-OH is 1. The summed E-state index contributed by atoms with van der Waals surface area (Å²) < 4.78 is 0. The van der Waals surface area contributed by atoms with Crippen LogP contribution in [-0.4, -0.2) is 15.0 Å². The molecule has 0 atom stereocenters. The highest BCUT2D eigenvalue weighted by atomic mass is 16.6. The Bertz CT molecular complexity index is 538. The first-order valence-corrected chi connectivity index (χ1v) is 5.01. The molecular formula is C12H10N2O3. The summed E-state index contributed by atoms with van der Waals surface area (Å²) in [6, 6.07) is 9.80. The van der Waals surface area contributed by atoms with E-state index < -0.39 is 4.92 Å². The molecule has 5 heteroatoms. The second kappa shape index (κ2) is 4.71. The third kappa shape index (κ3) is 2.46. The van der Waals surface area contributed by atoms with Crippen molar-refractivity contribution in [2.75, 3.05) is 0 Å². The Morgan fingerprint density at radius 3 is 2.47 bits per heavy atom. The van der Waals surface area contributed by atoms with Gasteiger partial charge < -0.3 is 5.11 Å². The third-order valence-corrected chi connectivity index (χ3v) is 2.39. The average Bonchev–Trinajstić information content (AvgIpc) is 2.39. The number of rotatable bonds is 3. The molecule has 0 unspecified atom stereocenters. The Kier molecular flexibility index (Phi) is 3.11. The largest absolute Gasteiger partial charge is 0.390 e. The standard InChI is InChI=1S/C12H10N2O3/c15-8-11-7-10(5-6-13-11)9-1-3-12(4-2-9)14(16)17/h1-7,15H,8H2. The van der Waals surface area contributed by atoms with E-state index in [2.05, 4.69) is 4.98 Å². The molecule has 2 aromatic rings. The summed E-state index contributed by atoms with van der Waals surface area (Å²) in [6.45, 7) is -0.124. The zero-order valence-corrected chi connectivity index (χ0v) is 8.91. The lowest BCUT2D eigenvalue weighted by molar-refractivity contribution is -0.384. The number of pyridine rings is 1. The van der Waals surface area contributed by atoms with Crippen molar-refractivity contribution in [1.82, 2.24) is 4.98 Å². The monoisotopic (exact) mass is 230 g/mol. The van der Waals surface area contributed by atoms with E-state index in [-0.39, 0.29) is 12.3 Å². The molecule has 0 saturated heterocycles. The van der Waals surface area contributed by atoms with Crippen LogP contribution in [0.1, 0.15) is 5.69 Å². The number of nitro benzene ring substituents is 1. The van der Waals surface area contributed by atoms with Crippen LogP contribution >= 0.6 is 0 Å². The molecule has 0 amide bonds. The van der Waals surface area contributed by atoms with E-state index in [0.717, 1.165) is 11.1 Å². The van der Waals surface area contributed by atoms with Gasteiger partial charge in [-0.1, -0.05) is 0 Å². The maximum absolute atomic E-state index is 10.5. The summed E-state index contributed by atoms with van der Waals surface area (Å²) >= 11 is 0. The fourth-order valence-electron chi connectivity index (χ4n) is 1.52. The summed E-state index contributed by atoms with van der Waals surface area (Å²) in [5, 5.41) is 19.5. The number of hydrogen-bond acceptors (Lipinski definition) is 4. The molecule has 1 heterocycles. The molecule has 2 rings (SSSR count). The van der Waals surface area contributed by atoms with Gasteiger partial charge in [-0.05, 0) is 35.4 Å². The number of aliphatic hydroxyl groups is 1. The molecule has 17 heavy (non-hydrogen) atoms. The second-order valence-corrected chi connectivity index (χ2v) is 3.50. The zero-order chi connectivity index (χ0) is 12.3. The first-order chi connectivity index (χ1) is 8.20. The van der Waals surface area contributed by atoms with Crippen LogP contribution in [0.15, 0.2) is 42.6 Å². The minimum Gasteiger partial charge on any atom is -0.390 e. The summed E-state index contributed by atoms with van der Waals surface area (Å²) in [7, 11) is 0. The molecule has 0 aliphatic carbocycles. The van der Waals surface area contributed by atoms with Gasteiger partial charge in [-0.15, -0.1) is 0 Å². The highest BCUT2D eigenvalue weighted by Gasteiger charge is 2.05. The summed E-state index contributed by atoms with van der Waals surface area (Å²) in [5.74, 6) is 0. The van der Waals surface area contributed by atoms with E-state index in [9.17, 15) is 10.1 Å². The molecular weight excluding hydrogens is 220 g/mol. The van der Waals surface area contributed by atoms with Gasteiger partial charge in [-0.3, -0.25) is 15.1 Å². The van der Waals surface area contributed by atoms with Crippen molar-refractivity contribution >= 4 is 5.69 Å². The topological polar surface area (TPSA) is 76.3 Å². The van der Waals surface area contributed by atoms with Crippen LogP contribution in [0.3, 0.4) is 0 Å². The normalized spacial score (nSPS) is 10.2. The van der Waals surface area contributed by atoms with Crippen LogP contribution in [0.2, 0.25) is 0 Å². The van der Waals surface area contributed by atoms with Gasteiger partial charge in [0.15, 0.2) is 0 Å². The fraction of sp³-hybridized carbons (Fsp3) is 0.0833. The number of nitro groups is 1. The van der Waals surface area contributed by atoms with Crippen LogP contribution in [0.25, 0.3) is 11.1 Å². The van der Waals surface area contributed by atoms with Gasteiger partial charge >= 0.3 is 0 Å². The zero-order valence-electron chi connectivity index (χ0n) is 8.91. The van der Waals surface area contributed by atoms with Crippen molar-refractivity contribution in [3.8, 4) is 11.1 Å². The summed E-state index contributed by atoms with van der Waals surface area (Å²) in [5.41, 5.74) is 2.36. The minimum atomic E-state index is -0.435. The van der Waals surface area contributed by atoms with Crippen molar-refractivity contribution in [1.29, 1.82) is 0 Å². The maximum Gasteiger partial charge on any atom is 0.269 e. The Balaban J connectivity index is 2.36. The molecule has 0 bridgehead atoms. The number of benzene rings is 1. The maximum atomic E-state index is 10.5. The molecule has 86 valence electrons. The second-order valence-electron chi connectivity index (χ2n) is 3.50. The molecule has 0 radical (unpaired) electrons. The molecule has 0 saturated carbocycles. The van der Waals surface area contributed by atoms with E-state index in [0.29, 0.717) is 5.69 Å². The van der Waals surface area contributed by atoms with Crippen molar-refractivity contribution in [3.63, 3.8) is 0 Å². The number of non-ortho nitro benzene ring substituents is 1. The lowest BCUT2D eigenvalue weighted by Crippen LogP contribution is -1.90. The van der Waals surface area contributed by atoms with E-state index in [1.54, 1.807) is 30.5 Å². The van der Waals surface area contributed by atoms with Crippen molar-refractivity contribution < 1.29 is 10.0 Å². The predicted molar refractivity (Wildman–Crippen MR) is 62.3 cm³/mol. The quantitative estimate of drug-likeness (QED) is 0.647. The van der Waals surface area contributed by atoms with E-state index >= 15 is 0 Å². The lowest BCUT2D eigenvalue weighted by atomic mass is 10.1. The summed E-state index contributed by atoms with van der Waals surface area (Å²) in [4.78, 5) is 14.0. The van der Waals surface area contributed by atoms with Crippen LogP contribution in [0.5, 0.6) is 0 Å². The van der Waals surface area contributed by atoms with Gasteiger partial charge in [0, 0.05) is 18.3 Å². The number of hydrogen-bond donors (Lipinski definition) is 1. The first kappa shape index (κ1) is 11.2. The van der Waals surface area contributed by atoms with Gasteiger partial charge in [0.1, 0.15) is 0 Å². The van der Waals surface area contributed by atoms with Crippen LogP contribution in [0, 0.1) is 10.1 Å². The summed E-state index contributed by atoms with van der Waals surface area (Å²) in [6.07, 6.45) is 1.60. The highest BCUT2D eigenvalue weighted by Crippen LogP contribution is 2.22. The molecule has 1 aromatic carbocycles. The van der Waals surface area contributed by atoms with E-state index in [1.165, 1.54) is 12.1 Å². The van der Waals surface area contributed by atoms with Gasteiger partial charge in [-0.25, -0.2) is 0 Å². The molecule has 0 aliphatic heterocycles. The third-order valence-electron chi connectivity index (χ3n) is 2.39. The highest BCUT2D eigenvalue weighted by molar-refractivity contribution is 5.64. The molecule has 0 spiro atoms. The molecule has 0 aliphatic rings. The van der Waals surface area contributed by atoms with Gasteiger partial charge in [0.2, 0.25) is 0 Å². The van der Waals surface area contributed by atoms with Crippen LogP contribution < -0.4 is 0 Å². The Hall–Kier alpha value is -2.27. The first-order valence-electron chi connectivity index (χ1n) is 5.01.